The number of aryl methyl sites for hydroxylation is 1. The number of rotatable bonds is 5. The number of carbonyl (C=O) groups is 1. The second-order valence-corrected chi connectivity index (χ2v) is 9.16. The highest BCUT2D eigenvalue weighted by Gasteiger charge is 2.35. The second kappa shape index (κ2) is 9.09. The molecule has 0 aliphatic carbocycles. The minimum Gasteiger partial charge on any atom is -0.338 e. The summed E-state index contributed by atoms with van der Waals surface area (Å²) in [6.45, 7) is 1.93. The Bertz CT molecular complexity index is 1670. The summed E-state index contributed by atoms with van der Waals surface area (Å²) in [6.07, 6.45) is 3.09. The Morgan fingerprint density at radius 2 is 1.68 bits per heavy atom. The molecule has 1 saturated heterocycles. The number of amides is 1. The zero-order chi connectivity index (χ0) is 25.5. The van der Waals surface area contributed by atoms with Crippen molar-refractivity contribution in [2.24, 2.45) is 5.92 Å². The van der Waals surface area contributed by atoms with Crippen LogP contribution in [0.15, 0.2) is 77.9 Å². The summed E-state index contributed by atoms with van der Waals surface area (Å²) >= 11 is 0. The number of benzene rings is 2. The van der Waals surface area contributed by atoms with Gasteiger partial charge in [0.15, 0.2) is 5.65 Å². The first-order chi connectivity index (χ1) is 18.0. The highest BCUT2D eigenvalue weighted by atomic mass is 19.1. The maximum absolute atomic E-state index is 13.6. The Kier molecular flexibility index (Phi) is 5.60. The van der Waals surface area contributed by atoms with Gasteiger partial charge >= 0.3 is 0 Å². The van der Waals surface area contributed by atoms with E-state index in [9.17, 15) is 14.0 Å². The van der Waals surface area contributed by atoms with Crippen LogP contribution in [0.2, 0.25) is 0 Å². The van der Waals surface area contributed by atoms with Crippen molar-refractivity contribution < 1.29 is 9.18 Å². The Labute approximate surface area is 211 Å². The highest BCUT2D eigenvalue weighted by Crippen LogP contribution is 2.30. The van der Waals surface area contributed by atoms with Crippen molar-refractivity contribution in [3.8, 4) is 33.8 Å². The van der Waals surface area contributed by atoms with Crippen molar-refractivity contribution >= 4 is 11.6 Å². The monoisotopic (exact) mass is 494 g/mol. The van der Waals surface area contributed by atoms with Crippen LogP contribution in [0.3, 0.4) is 0 Å². The molecule has 3 aromatic heterocycles. The standard InChI is InChI=1S/C28H23FN6O2/c1-17-25(31-12-11-30-17)26-24(28(37)34-15-18(14-29)16-34)27-32-22(13-23(36)35(27)33-26)21-9-7-20(8-10-21)19-5-3-2-4-6-19/h2-13,18,33H,14-16H2,1H3. The fourth-order valence-electron chi connectivity index (χ4n) is 4.67. The van der Waals surface area contributed by atoms with E-state index in [1.165, 1.54) is 16.8 Å². The van der Waals surface area contributed by atoms with Crippen LogP contribution in [0.25, 0.3) is 39.4 Å². The van der Waals surface area contributed by atoms with E-state index in [4.69, 9.17) is 4.98 Å². The van der Waals surface area contributed by atoms with Gasteiger partial charge in [-0.2, -0.15) is 0 Å². The number of halogens is 1. The van der Waals surface area contributed by atoms with Gasteiger partial charge in [0.2, 0.25) is 0 Å². The number of fused-ring (bicyclic) bond motifs is 1. The van der Waals surface area contributed by atoms with E-state index >= 15 is 0 Å². The van der Waals surface area contributed by atoms with Gasteiger partial charge in [-0.15, -0.1) is 0 Å². The number of carbonyl (C=O) groups excluding carboxylic acids is 1. The van der Waals surface area contributed by atoms with Gasteiger partial charge in [-0.1, -0.05) is 54.6 Å². The van der Waals surface area contributed by atoms with E-state index in [0.29, 0.717) is 35.9 Å². The molecule has 0 radical (unpaired) electrons. The number of aromatic amines is 1. The van der Waals surface area contributed by atoms with Gasteiger partial charge < -0.3 is 4.90 Å². The highest BCUT2D eigenvalue weighted by molar-refractivity contribution is 6.06. The maximum Gasteiger partial charge on any atom is 0.273 e. The van der Waals surface area contributed by atoms with Crippen molar-refractivity contribution in [2.45, 2.75) is 6.92 Å². The van der Waals surface area contributed by atoms with E-state index in [-0.39, 0.29) is 28.6 Å². The van der Waals surface area contributed by atoms with Crippen LogP contribution < -0.4 is 5.56 Å². The fourth-order valence-corrected chi connectivity index (χ4v) is 4.67. The molecule has 37 heavy (non-hydrogen) atoms. The smallest absolute Gasteiger partial charge is 0.273 e. The van der Waals surface area contributed by atoms with Crippen molar-refractivity contribution in [3.63, 3.8) is 0 Å². The molecule has 184 valence electrons. The number of likely N-dealkylation sites (tertiary alicyclic amines) is 1. The number of nitrogens with zero attached hydrogens (tertiary/aromatic N) is 5. The van der Waals surface area contributed by atoms with Crippen LogP contribution in [0.5, 0.6) is 0 Å². The van der Waals surface area contributed by atoms with Crippen LogP contribution in [0, 0.1) is 12.8 Å². The Morgan fingerprint density at radius 1 is 1.00 bits per heavy atom. The molecule has 5 aromatic rings. The molecule has 0 atom stereocenters. The summed E-state index contributed by atoms with van der Waals surface area (Å²) in [7, 11) is 0. The second-order valence-electron chi connectivity index (χ2n) is 9.16. The average Bonchev–Trinajstić information content (AvgIpc) is 3.29. The molecule has 1 aliphatic rings. The SMILES string of the molecule is Cc1nccnc1-c1[nH]n2c(=O)cc(-c3ccc(-c4ccccc4)cc3)nc2c1C(=O)N1CC(CF)C1. The first-order valence-electron chi connectivity index (χ1n) is 12.0. The third kappa shape index (κ3) is 3.98. The van der Waals surface area contributed by atoms with Crippen molar-refractivity contribution in [1.29, 1.82) is 0 Å². The Balaban J connectivity index is 1.49. The normalized spacial score (nSPS) is 13.6. The molecule has 0 spiro atoms. The number of hydrogen-bond acceptors (Lipinski definition) is 5. The minimum atomic E-state index is -0.478. The van der Waals surface area contributed by atoms with Crippen molar-refractivity contribution in [3.05, 3.63) is 94.7 Å². The third-order valence-corrected chi connectivity index (χ3v) is 6.70. The molecule has 9 heteroatoms. The number of alkyl halides is 1. The van der Waals surface area contributed by atoms with E-state index in [1.54, 1.807) is 18.0 Å². The molecule has 1 N–H and O–H groups in total. The summed E-state index contributed by atoms with van der Waals surface area (Å²) < 4.78 is 14.3. The van der Waals surface area contributed by atoms with Crippen LogP contribution in [0.1, 0.15) is 16.1 Å². The lowest BCUT2D eigenvalue weighted by atomic mass is 9.99. The maximum atomic E-state index is 13.6. The fraction of sp³-hybridized carbons (Fsp3) is 0.179. The molecule has 1 aliphatic heterocycles. The molecule has 0 unspecified atom stereocenters. The van der Waals surface area contributed by atoms with Gasteiger partial charge in [0.05, 0.1) is 23.8 Å². The lowest BCUT2D eigenvalue weighted by Crippen LogP contribution is -2.50. The molecule has 2 aromatic carbocycles. The van der Waals surface area contributed by atoms with Crippen molar-refractivity contribution in [1.82, 2.24) is 29.5 Å². The van der Waals surface area contributed by atoms with Crippen LogP contribution in [-0.2, 0) is 0 Å². The molecule has 0 saturated carbocycles. The third-order valence-electron chi connectivity index (χ3n) is 6.70. The van der Waals surface area contributed by atoms with Gasteiger partial charge in [-0.05, 0) is 18.1 Å². The summed E-state index contributed by atoms with van der Waals surface area (Å²) in [5.74, 6) is -0.503. The Hall–Kier alpha value is -4.66. The van der Waals surface area contributed by atoms with Gasteiger partial charge in [-0.25, -0.2) is 9.50 Å². The minimum absolute atomic E-state index is 0.176. The molecular weight excluding hydrogens is 471 g/mol. The predicted octanol–water partition coefficient (Wildman–Crippen LogP) is 4.16. The lowest BCUT2D eigenvalue weighted by molar-refractivity contribution is 0.0455. The van der Waals surface area contributed by atoms with Crippen LogP contribution >= 0.6 is 0 Å². The number of hydrogen-bond donors (Lipinski definition) is 1. The Morgan fingerprint density at radius 3 is 2.38 bits per heavy atom. The van der Waals surface area contributed by atoms with Crippen LogP contribution in [-0.4, -0.2) is 55.1 Å². The zero-order valence-electron chi connectivity index (χ0n) is 20.1. The average molecular weight is 495 g/mol. The quantitative estimate of drug-likeness (QED) is 0.396. The molecule has 0 bridgehead atoms. The molecule has 1 amide bonds. The van der Waals surface area contributed by atoms with Crippen molar-refractivity contribution in [2.75, 3.05) is 19.8 Å². The van der Waals surface area contributed by atoms with Gasteiger partial charge in [-0.3, -0.25) is 29.0 Å². The van der Waals surface area contributed by atoms with Crippen LogP contribution in [0.4, 0.5) is 4.39 Å². The summed E-state index contributed by atoms with van der Waals surface area (Å²) in [6, 6.07) is 19.2. The van der Waals surface area contributed by atoms with E-state index in [0.717, 1.165) is 16.7 Å². The predicted molar refractivity (Wildman–Crippen MR) is 138 cm³/mol. The number of H-pyrrole nitrogens is 1. The number of nitrogens with one attached hydrogen (secondary N) is 1. The van der Waals surface area contributed by atoms with E-state index in [1.807, 2.05) is 54.6 Å². The molecule has 4 heterocycles. The summed E-state index contributed by atoms with van der Waals surface area (Å²) in [4.78, 5) is 41.8. The lowest BCUT2D eigenvalue weighted by Gasteiger charge is -2.37. The molecular formula is C28H23FN6O2. The van der Waals surface area contributed by atoms with Gasteiger partial charge in [0.25, 0.3) is 11.5 Å². The number of aromatic nitrogens is 5. The summed E-state index contributed by atoms with van der Waals surface area (Å²) in [5.41, 5.74) is 4.79. The topological polar surface area (TPSA) is 96.2 Å². The van der Waals surface area contributed by atoms with Gasteiger partial charge in [0, 0.05) is 43.0 Å². The zero-order valence-corrected chi connectivity index (χ0v) is 20.1. The molecule has 1 fully saturated rings. The first-order valence-corrected chi connectivity index (χ1v) is 12.0. The first kappa shape index (κ1) is 22.8. The largest absolute Gasteiger partial charge is 0.338 e. The molecule has 8 nitrogen and oxygen atoms in total. The van der Waals surface area contributed by atoms with Gasteiger partial charge in [0.1, 0.15) is 11.3 Å². The molecule has 6 rings (SSSR count). The van der Waals surface area contributed by atoms with E-state index in [2.05, 4.69) is 15.1 Å². The van der Waals surface area contributed by atoms with E-state index < -0.39 is 6.67 Å². The summed E-state index contributed by atoms with van der Waals surface area (Å²) in [5, 5.41) is 3.03.